The quantitative estimate of drug-likeness (QED) is 0.754. The second-order valence-corrected chi connectivity index (χ2v) is 8.90. The van der Waals surface area contributed by atoms with Gasteiger partial charge in [-0.1, -0.05) is 30.3 Å². The summed E-state index contributed by atoms with van der Waals surface area (Å²) in [5.41, 5.74) is 2.45. The van der Waals surface area contributed by atoms with Crippen LogP contribution in [0, 0.1) is 6.92 Å². The zero-order valence-corrected chi connectivity index (χ0v) is 16.4. The van der Waals surface area contributed by atoms with Gasteiger partial charge in [0.05, 0.1) is 12.1 Å². The van der Waals surface area contributed by atoms with Crippen molar-refractivity contribution in [2.45, 2.75) is 43.9 Å². The van der Waals surface area contributed by atoms with E-state index in [1.54, 1.807) is 0 Å². The second kappa shape index (κ2) is 6.59. The minimum atomic E-state index is -0.410. The first-order valence-corrected chi connectivity index (χ1v) is 10.6. The topological polar surface area (TPSA) is 41.3 Å². The molecular formula is C22H25N3OS. The van der Waals surface area contributed by atoms with Crippen molar-refractivity contribution in [2.24, 2.45) is 0 Å². The monoisotopic (exact) mass is 379 g/mol. The number of imidazole rings is 1. The summed E-state index contributed by atoms with van der Waals surface area (Å²) in [7, 11) is 0. The lowest BCUT2D eigenvalue weighted by atomic mass is 9.72. The fourth-order valence-electron chi connectivity index (χ4n) is 5.12. The molecule has 0 saturated carbocycles. The van der Waals surface area contributed by atoms with Gasteiger partial charge in [-0.15, -0.1) is 11.3 Å². The number of benzene rings is 1. The molecule has 2 aromatic heterocycles. The van der Waals surface area contributed by atoms with Gasteiger partial charge in [-0.05, 0) is 55.4 Å². The molecule has 2 aliphatic rings. The Morgan fingerprint density at radius 3 is 2.70 bits per heavy atom. The fraction of sp³-hybridized carbons (Fsp3) is 0.409. The summed E-state index contributed by atoms with van der Waals surface area (Å²) in [5.74, 6) is 0.959. The van der Waals surface area contributed by atoms with E-state index >= 15 is 0 Å². The summed E-state index contributed by atoms with van der Waals surface area (Å²) < 4.78 is 2.15. The third kappa shape index (κ3) is 2.68. The zero-order valence-electron chi connectivity index (χ0n) is 15.6. The number of fused-ring (bicyclic) bond motifs is 2. The number of nitrogens with zero attached hydrogens (tertiary/aromatic N) is 3. The lowest BCUT2D eigenvalue weighted by molar-refractivity contribution is 0.0203. The molecule has 2 atom stereocenters. The molecule has 27 heavy (non-hydrogen) atoms. The Bertz CT molecular complexity index is 925. The van der Waals surface area contributed by atoms with Crippen molar-refractivity contribution in [3.63, 3.8) is 0 Å². The number of rotatable bonds is 3. The highest BCUT2D eigenvalue weighted by Gasteiger charge is 2.53. The van der Waals surface area contributed by atoms with Crippen molar-refractivity contribution in [3.8, 4) is 0 Å². The highest BCUT2D eigenvalue weighted by molar-refractivity contribution is 7.09. The van der Waals surface area contributed by atoms with Crippen LogP contribution in [-0.4, -0.2) is 38.8 Å². The van der Waals surface area contributed by atoms with E-state index in [0.29, 0.717) is 0 Å². The van der Waals surface area contributed by atoms with Crippen LogP contribution in [0.5, 0.6) is 0 Å². The van der Waals surface area contributed by atoms with Gasteiger partial charge in [0.2, 0.25) is 0 Å². The summed E-state index contributed by atoms with van der Waals surface area (Å²) >= 11 is 1.83. The number of thiophene rings is 1. The van der Waals surface area contributed by atoms with Crippen LogP contribution in [0.25, 0.3) is 0 Å². The Labute approximate surface area is 164 Å². The summed E-state index contributed by atoms with van der Waals surface area (Å²) in [4.78, 5) is 8.35. The molecule has 3 aromatic rings. The molecule has 1 N–H and O–H groups in total. The molecule has 0 radical (unpaired) electrons. The molecule has 0 bridgehead atoms. The first-order chi connectivity index (χ1) is 13.2. The average molecular weight is 380 g/mol. The maximum absolute atomic E-state index is 11.6. The van der Waals surface area contributed by atoms with Crippen molar-refractivity contribution >= 4 is 11.3 Å². The molecule has 1 spiro atoms. The van der Waals surface area contributed by atoms with Gasteiger partial charge in [0, 0.05) is 29.2 Å². The Balaban J connectivity index is 1.46. The number of aliphatic hydroxyl groups is 1. The lowest BCUT2D eigenvalue weighted by Crippen LogP contribution is -2.48. The van der Waals surface area contributed by atoms with E-state index in [0.717, 1.165) is 38.3 Å². The van der Waals surface area contributed by atoms with Crippen molar-refractivity contribution in [2.75, 3.05) is 13.1 Å². The SMILES string of the molecule is Cc1nccn1[C@H]1c2ccccc2C2(CCN(Cc3cccs3)CC2)[C@@H]1O. The largest absolute Gasteiger partial charge is 0.390 e. The van der Waals surface area contributed by atoms with E-state index in [-0.39, 0.29) is 11.5 Å². The highest BCUT2D eigenvalue weighted by atomic mass is 32.1. The van der Waals surface area contributed by atoms with Gasteiger partial charge < -0.3 is 9.67 Å². The van der Waals surface area contributed by atoms with Gasteiger partial charge in [-0.2, -0.15) is 0 Å². The summed E-state index contributed by atoms with van der Waals surface area (Å²) in [6.07, 6.45) is 5.43. The molecule has 1 aliphatic carbocycles. The van der Waals surface area contributed by atoms with Gasteiger partial charge in [-0.25, -0.2) is 4.98 Å². The van der Waals surface area contributed by atoms with Gasteiger partial charge in [0.25, 0.3) is 0 Å². The van der Waals surface area contributed by atoms with Crippen LogP contribution >= 0.6 is 11.3 Å². The summed E-state index contributed by atoms with van der Waals surface area (Å²) in [6.45, 7) is 5.09. The molecule has 1 fully saturated rings. The minimum Gasteiger partial charge on any atom is -0.390 e. The van der Waals surface area contributed by atoms with Crippen LogP contribution in [0.2, 0.25) is 0 Å². The Hall–Kier alpha value is -1.95. The fourth-order valence-corrected chi connectivity index (χ4v) is 5.87. The second-order valence-electron chi connectivity index (χ2n) is 7.87. The van der Waals surface area contributed by atoms with Crippen molar-refractivity contribution in [1.82, 2.24) is 14.5 Å². The molecule has 140 valence electrons. The number of hydrogen-bond donors (Lipinski definition) is 1. The molecule has 1 saturated heterocycles. The number of aliphatic hydroxyl groups excluding tert-OH is 1. The molecule has 3 heterocycles. The van der Waals surface area contributed by atoms with Crippen molar-refractivity contribution in [3.05, 3.63) is 76.0 Å². The van der Waals surface area contributed by atoms with Crippen LogP contribution in [-0.2, 0) is 12.0 Å². The van der Waals surface area contributed by atoms with Crippen LogP contribution in [0.15, 0.2) is 54.2 Å². The standard InChI is InChI=1S/C22H25N3OS/c1-16-23-10-13-25(16)20-18-6-2-3-7-19(18)22(21(20)26)8-11-24(12-9-22)15-17-5-4-14-27-17/h2-7,10,13-14,20-21,26H,8-9,11-12,15H2,1H3/t20-,21+/m0/s1. The van der Waals surface area contributed by atoms with Gasteiger partial charge in [0.1, 0.15) is 5.82 Å². The van der Waals surface area contributed by atoms with Crippen LogP contribution in [0.3, 0.4) is 0 Å². The normalized spacial score (nSPS) is 24.4. The highest BCUT2D eigenvalue weighted by Crippen LogP contribution is 2.52. The predicted molar refractivity (Wildman–Crippen MR) is 108 cm³/mol. The van der Waals surface area contributed by atoms with Crippen LogP contribution in [0.4, 0.5) is 0 Å². The van der Waals surface area contributed by atoms with Gasteiger partial charge in [-0.3, -0.25) is 4.90 Å². The number of aromatic nitrogens is 2. The number of aryl methyl sites for hydroxylation is 1. The molecule has 0 unspecified atom stereocenters. The first kappa shape index (κ1) is 17.2. The molecule has 0 amide bonds. The van der Waals surface area contributed by atoms with Gasteiger partial charge in [0.15, 0.2) is 0 Å². The Morgan fingerprint density at radius 2 is 2.00 bits per heavy atom. The molecule has 5 heteroatoms. The van der Waals surface area contributed by atoms with E-state index < -0.39 is 6.10 Å². The minimum absolute atomic E-state index is 0.0347. The smallest absolute Gasteiger partial charge is 0.106 e. The Morgan fingerprint density at radius 1 is 1.19 bits per heavy atom. The summed E-state index contributed by atoms with van der Waals surface area (Å²) in [6, 6.07) is 12.9. The van der Waals surface area contributed by atoms with E-state index in [9.17, 15) is 5.11 Å². The molecular weight excluding hydrogens is 354 g/mol. The van der Waals surface area contributed by atoms with Crippen LogP contribution in [0.1, 0.15) is 40.7 Å². The molecule has 5 rings (SSSR count). The van der Waals surface area contributed by atoms with E-state index in [1.165, 1.54) is 16.0 Å². The number of likely N-dealkylation sites (tertiary alicyclic amines) is 1. The van der Waals surface area contributed by atoms with E-state index in [1.807, 2.05) is 30.7 Å². The third-order valence-electron chi connectivity index (χ3n) is 6.55. The van der Waals surface area contributed by atoms with Crippen LogP contribution < -0.4 is 0 Å². The average Bonchev–Trinajstić information content (AvgIpc) is 3.39. The van der Waals surface area contributed by atoms with E-state index in [4.69, 9.17) is 0 Å². The zero-order chi connectivity index (χ0) is 18.4. The molecule has 1 aromatic carbocycles. The number of piperidine rings is 1. The molecule has 4 nitrogen and oxygen atoms in total. The maximum atomic E-state index is 11.6. The summed E-state index contributed by atoms with van der Waals surface area (Å²) in [5, 5.41) is 13.7. The molecule has 1 aliphatic heterocycles. The first-order valence-electron chi connectivity index (χ1n) is 9.71. The number of hydrogen-bond acceptors (Lipinski definition) is 4. The third-order valence-corrected chi connectivity index (χ3v) is 7.41. The maximum Gasteiger partial charge on any atom is 0.106 e. The lowest BCUT2D eigenvalue weighted by Gasteiger charge is -2.42. The van der Waals surface area contributed by atoms with E-state index in [2.05, 4.69) is 56.2 Å². The van der Waals surface area contributed by atoms with Crippen molar-refractivity contribution < 1.29 is 5.11 Å². The predicted octanol–water partition coefficient (Wildman–Crippen LogP) is 3.75. The Kier molecular flexibility index (Phi) is 4.19. The van der Waals surface area contributed by atoms with Crippen molar-refractivity contribution in [1.29, 1.82) is 0 Å². The van der Waals surface area contributed by atoms with Gasteiger partial charge >= 0.3 is 0 Å².